The van der Waals surface area contributed by atoms with Crippen molar-refractivity contribution in [3.05, 3.63) is 89.5 Å². The van der Waals surface area contributed by atoms with Crippen LogP contribution in [0.2, 0.25) is 0 Å². The number of nitrogens with zero attached hydrogens (tertiary/aromatic N) is 5. The molecule has 0 bridgehead atoms. The van der Waals surface area contributed by atoms with Crippen molar-refractivity contribution >= 4 is 17.7 Å². The van der Waals surface area contributed by atoms with Crippen molar-refractivity contribution in [1.82, 2.24) is 24.6 Å². The molecule has 8 heteroatoms. The fourth-order valence-electron chi connectivity index (χ4n) is 4.40. The number of carbonyl (C=O) groups excluding carboxylic acids is 1. The second kappa shape index (κ2) is 11.2. The van der Waals surface area contributed by atoms with Crippen LogP contribution in [0.15, 0.2) is 78.0 Å². The Morgan fingerprint density at radius 1 is 0.946 bits per heavy atom. The van der Waals surface area contributed by atoms with Gasteiger partial charge in [-0.25, -0.2) is 0 Å². The van der Waals surface area contributed by atoms with Gasteiger partial charge in [-0.3, -0.25) is 9.36 Å². The Hall–Kier alpha value is -3.62. The molecule has 3 aromatic carbocycles. The average Bonchev–Trinajstić information content (AvgIpc) is 3.36. The maximum atomic E-state index is 12.9. The maximum Gasteiger partial charge on any atom is 0.253 e. The molecule has 1 aromatic heterocycles. The predicted molar refractivity (Wildman–Crippen MR) is 147 cm³/mol. The minimum absolute atomic E-state index is 0.106. The molecule has 4 aromatic rings. The molecule has 5 rings (SSSR count). The smallest absolute Gasteiger partial charge is 0.253 e. The second-order valence-electron chi connectivity index (χ2n) is 9.29. The number of carbonyl (C=O) groups is 1. The lowest BCUT2D eigenvalue weighted by molar-refractivity contribution is 0.0664. The van der Waals surface area contributed by atoms with Crippen molar-refractivity contribution < 1.29 is 9.53 Å². The largest absolute Gasteiger partial charge is 0.497 e. The quantitative estimate of drug-likeness (QED) is 0.327. The molecule has 0 N–H and O–H groups in total. The minimum Gasteiger partial charge on any atom is -0.497 e. The molecule has 2 heterocycles. The molecule has 0 spiro atoms. The number of amides is 1. The molecule has 0 saturated carbocycles. The van der Waals surface area contributed by atoms with Crippen LogP contribution in [0, 0.1) is 6.92 Å². The first-order valence-electron chi connectivity index (χ1n) is 12.4. The summed E-state index contributed by atoms with van der Waals surface area (Å²) in [6, 6.07) is 24.1. The highest BCUT2D eigenvalue weighted by Gasteiger charge is 2.21. The number of ether oxygens (including phenoxy) is 1. The maximum absolute atomic E-state index is 12.9. The highest BCUT2D eigenvalue weighted by atomic mass is 32.2. The Labute approximate surface area is 222 Å². The van der Waals surface area contributed by atoms with E-state index in [1.807, 2.05) is 59.5 Å². The molecule has 0 unspecified atom stereocenters. The summed E-state index contributed by atoms with van der Waals surface area (Å²) < 4.78 is 7.53. The van der Waals surface area contributed by atoms with Gasteiger partial charge in [0.1, 0.15) is 5.75 Å². The summed E-state index contributed by atoms with van der Waals surface area (Å²) in [7, 11) is 3.75. The van der Waals surface area contributed by atoms with Gasteiger partial charge >= 0.3 is 0 Å². The number of methoxy groups -OCH3 is 1. The lowest BCUT2D eigenvalue weighted by Gasteiger charge is -2.32. The van der Waals surface area contributed by atoms with Gasteiger partial charge in [0.25, 0.3) is 5.91 Å². The Kier molecular flexibility index (Phi) is 7.58. The van der Waals surface area contributed by atoms with Gasteiger partial charge in [-0.2, -0.15) is 0 Å². The monoisotopic (exact) mass is 513 g/mol. The Morgan fingerprint density at radius 2 is 1.70 bits per heavy atom. The highest BCUT2D eigenvalue weighted by molar-refractivity contribution is 7.98. The van der Waals surface area contributed by atoms with Crippen molar-refractivity contribution in [3.8, 4) is 22.8 Å². The fourth-order valence-corrected chi connectivity index (χ4v) is 5.30. The SMILES string of the molecule is COc1cccc(-c2nnc(SCc3ccc(C(=O)N4CCN(C)CC4)cc3)n2-c2cccc(C)c2)c1. The third kappa shape index (κ3) is 5.70. The summed E-state index contributed by atoms with van der Waals surface area (Å²) in [6.07, 6.45) is 0. The summed E-state index contributed by atoms with van der Waals surface area (Å²) in [5.41, 5.74) is 4.98. The van der Waals surface area contributed by atoms with Gasteiger partial charge in [0.2, 0.25) is 0 Å². The molecule has 1 amide bonds. The Morgan fingerprint density at radius 3 is 2.43 bits per heavy atom. The summed E-state index contributed by atoms with van der Waals surface area (Å²) in [4.78, 5) is 17.1. The first kappa shape index (κ1) is 25.0. The molecule has 7 nitrogen and oxygen atoms in total. The van der Waals surface area contributed by atoms with Gasteiger partial charge in [0, 0.05) is 48.7 Å². The van der Waals surface area contributed by atoms with E-state index in [9.17, 15) is 4.79 Å². The van der Waals surface area contributed by atoms with E-state index in [0.29, 0.717) is 5.75 Å². The lowest BCUT2D eigenvalue weighted by Crippen LogP contribution is -2.47. The van der Waals surface area contributed by atoms with Crippen LogP contribution < -0.4 is 4.74 Å². The van der Waals surface area contributed by atoms with E-state index in [2.05, 4.69) is 51.8 Å². The first-order chi connectivity index (χ1) is 18.0. The average molecular weight is 514 g/mol. The Bertz CT molecular complexity index is 1380. The van der Waals surface area contributed by atoms with E-state index >= 15 is 0 Å². The molecule has 0 aliphatic carbocycles. The third-order valence-corrected chi connectivity index (χ3v) is 7.58. The van der Waals surface area contributed by atoms with Crippen LogP contribution in [0.5, 0.6) is 5.75 Å². The van der Waals surface area contributed by atoms with E-state index in [-0.39, 0.29) is 5.91 Å². The van der Waals surface area contributed by atoms with Crippen molar-refractivity contribution in [2.24, 2.45) is 0 Å². The van der Waals surface area contributed by atoms with E-state index in [1.165, 1.54) is 5.56 Å². The van der Waals surface area contributed by atoms with Crippen molar-refractivity contribution in [2.75, 3.05) is 40.3 Å². The Balaban J connectivity index is 1.36. The molecule has 0 atom stereocenters. The number of piperazine rings is 1. The van der Waals surface area contributed by atoms with Gasteiger partial charge in [0.15, 0.2) is 11.0 Å². The normalized spacial score (nSPS) is 14.1. The van der Waals surface area contributed by atoms with Crippen molar-refractivity contribution in [3.63, 3.8) is 0 Å². The number of aromatic nitrogens is 3. The molecular formula is C29H31N5O2S. The topological polar surface area (TPSA) is 63.5 Å². The fraction of sp³-hybridized carbons (Fsp3) is 0.276. The molecule has 1 aliphatic heterocycles. The number of rotatable bonds is 7. The van der Waals surface area contributed by atoms with Gasteiger partial charge in [-0.1, -0.05) is 48.2 Å². The van der Waals surface area contributed by atoms with Gasteiger partial charge < -0.3 is 14.5 Å². The zero-order valence-electron chi connectivity index (χ0n) is 21.4. The van der Waals surface area contributed by atoms with Crippen LogP contribution in [-0.4, -0.2) is 70.8 Å². The van der Waals surface area contributed by atoms with E-state index < -0.39 is 0 Å². The number of hydrogen-bond donors (Lipinski definition) is 0. The van der Waals surface area contributed by atoms with E-state index in [0.717, 1.165) is 65.3 Å². The van der Waals surface area contributed by atoms with Crippen LogP contribution in [0.1, 0.15) is 21.5 Å². The van der Waals surface area contributed by atoms with E-state index in [4.69, 9.17) is 4.74 Å². The lowest BCUT2D eigenvalue weighted by atomic mass is 10.1. The number of aryl methyl sites for hydroxylation is 1. The molecule has 1 aliphatic rings. The molecular weight excluding hydrogens is 482 g/mol. The highest BCUT2D eigenvalue weighted by Crippen LogP contribution is 2.31. The summed E-state index contributed by atoms with van der Waals surface area (Å²) in [5.74, 6) is 2.36. The van der Waals surface area contributed by atoms with E-state index in [1.54, 1.807) is 18.9 Å². The van der Waals surface area contributed by atoms with Crippen LogP contribution >= 0.6 is 11.8 Å². The van der Waals surface area contributed by atoms with Gasteiger partial charge in [-0.05, 0) is 61.5 Å². The number of likely N-dealkylation sites (N-methyl/N-ethyl adjacent to an activating group) is 1. The number of thioether (sulfide) groups is 1. The molecule has 1 fully saturated rings. The van der Waals surface area contributed by atoms with Crippen LogP contribution in [-0.2, 0) is 5.75 Å². The van der Waals surface area contributed by atoms with Crippen molar-refractivity contribution in [2.45, 2.75) is 17.8 Å². The predicted octanol–water partition coefficient (Wildman–Crippen LogP) is 4.93. The van der Waals surface area contributed by atoms with Gasteiger partial charge in [-0.15, -0.1) is 10.2 Å². The summed E-state index contributed by atoms with van der Waals surface area (Å²) in [5, 5.41) is 9.92. The summed E-state index contributed by atoms with van der Waals surface area (Å²) >= 11 is 1.63. The second-order valence-corrected chi connectivity index (χ2v) is 10.2. The zero-order valence-corrected chi connectivity index (χ0v) is 22.2. The first-order valence-corrected chi connectivity index (χ1v) is 13.4. The van der Waals surface area contributed by atoms with Crippen LogP contribution in [0.3, 0.4) is 0 Å². The minimum atomic E-state index is 0.106. The number of benzene rings is 3. The molecule has 37 heavy (non-hydrogen) atoms. The van der Waals surface area contributed by atoms with Crippen molar-refractivity contribution in [1.29, 1.82) is 0 Å². The van der Waals surface area contributed by atoms with Crippen LogP contribution in [0.4, 0.5) is 0 Å². The zero-order chi connectivity index (χ0) is 25.8. The molecule has 0 radical (unpaired) electrons. The number of hydrogen-bond acceptors (Lipinski definition) is 6. The standard InChI is InChI=1S/C29H31N5O2S/c1-21-6-4-8-25(18-21)34-27(24-7-5-9-26(19-24)36-3)30-31-29(34)37-20-22-10-12-23(13-11-22)28(35)33-16-14-32(2)15-17-33/h4-13,18-19H,14-17,20H2,1-3H3. The third-order valence-electron chi connectivity index (χ3n) is 6.58. The summed E-state index contributed by atoms with van der Waals surface area (Å²) in [6.45, 7) is 5.46. The van der Waals surface area contributed by atoms with Gasteiger partial charge in [0.05, 0.1) is 7.11 Å². The van der Waals surface area contributed by atoms with Crippen LogP contribution in [0.25, 0.3) is 17.1 Å². The molecule has 190 valence electrons. The molecule has 1 saturated heterocycles.